The Balaban J connectivity index is 1.47. The van der Waals surface area contributed by atoms with Gasteiger partial charge < -0.3 is 4.90 Å². The Labute approximate surface area is 211 Å². The first-order chi connectivity index (χ1) is 17.1. The second-order valence-electron chi connectivity index (χ2n) is 11.5. The predicted octanol–water partition coefficient (Wildman–Crippen LogP) is 3.51. The standard InChI is InChI=1S/C28H34N6O2/c1-18(35)33-16-21-8-9-22(33)15-32(21)14-19-6-7-20(13-29)23(12-19)24-10-11-25-26(30-24)31(5)27(36)34(25)17-28(2,3)4/h6-7,10-12,21-22H,8-9,14-17H2,1-5H3. The molecule has 2 atom stereocenters. The van der Waals surface area contributed by atoms with Gasteiger partial charge in [-0.15, -0.1) is 0 Å². The van der Waals surface area contributed by atoms with Gasteiger partial charge in [-0.3, -0.25) is 18.8 Å². The lowest BCUT2D eigenvalue weighted by atomic mass is 9.90. The number of nitriles is 1. The van der Waals surface area contributed by atoms with Crippen LogP contribution in [0, 0.1) is 16.7 Å². The molecule has 3 aliphatic heterocycles. The maximum Gasteiger partial charge on any atom is 0.330 e. The normalized spacial score (nSPS) is 20.2. The van der Waals surface area contributed by atoms with Crippen molar-refractivity contribution in [3.63, 3.8) is 0 Å². The van der Waals surface area contributed by atoms with Crippen molar-refractivity contribution in [1.82, 2.24) is 23.9 Å². The molecule has 3 saturated heterocycles. The third-order valence-corrected chi connectivity index (χ3v) is 7.53. The third-order valence-electron chi connectivity index (χ3n) is 7.53. The van der Waals surface area contributed by atoms with Gasteiger partial charge in [-0.2, -0.15) is 5.26 Å². The van der Waals surface area contributed by atoms with E-state index < -0.39 is 0 Å². The van der Waals surface area contributed by atoms with Gasteiger partial charge in [0.05, 0.1) is 22.8 Å². The molecule has 0 radical (unpaired) electrons. The molecule has 1 aromatic carbocycles. The molecule has 0 spiro atoms. The minimum Gasteiger partial charge on any atom is -0.337 e. The summed E-state index contributed by atoms with van der Waals surface area (Å²) in [5.74, 6) is 0.164. The number of nitrogens with zero attached hydrogens (tertiary/aromatic N) is 6. The number of piperazine rings is 1. The Kier molecular flexibility index (Phi) is 6.00. The molecule has 2 bridgehead atoms. The van der Waals surface area contributed by atoms with E-state index in [1.165, 1.54) is 0 Å². The summed E-state index contributed by atoms with van der Waals surface area (Å²) < 4.78 is 3.37. The number of fused-ring (bicyclic) bond motifs is 4. The summed E-state index contributed by atoms with van der Waals surface area (Å²) in [7, 11) is 1.75. The minimum atomic E-state index is -0.0846. The number of rotatable bonds is 4. The molecular weight excluding hydrogens is 452 g/mol. The average molecular weight is 487 g/mol. The summed E-state index contributed by atoms with van der Waals surface area (Å²) in [6, 6.07) is 12.8. The topological polar surface area (TPSA) is 87.2 Å². The molecule has 0 saturated carbocycles. The lowest BCUT2D eigenvalue weighted by Gasteiger charge is -2.51. The van der Waals surface area contributed by atoms with E-state index >= 15 is 0 Å². The smallest absolute Gasteiger partial charge is 0.330 e. The van der Waals surface area contributed by atoms with E-state index in [1.54, 1.807) is 23.1 Å². The first-order valence-electron chi connectivity index (χ1n) is 12.7. The third kappa shape index (κ3) is 4.33. The number of piperidine rings is 2. The molecule has 2 unspecified atom stereocenters. The van der Waals surface area contributed by atoms with Crippen LogP contribution in [0.1, 0.15) is 51.7 Å². The van der Waals surface area contributed by atoms with Gasteiger partial charge in [0.15, 0.2) is 5.65 Å². The first-order valence-corrected chi connectivity index (χ1v) is 12.7. The van der Waals surface area contributed by atoms with Gasteiger partial charge in [-0.25, -0.2) is 9.78 Å². The zero-order chi connectivity index (χ0) is 25.8. The van der Waals surface area contributed by atoms with Crippen LogP contribution in [-0.4, -0.2) is 55.0 Å². The van der Waals surface area contributed by atoms with E-state index in [0.29, 0.717) is 29.5 Å². The zero-order valence-electron chi connectivity index (χ0n) is 21.8. The number of amides is 1. The van der Waals surface area contributed by atoms with Gasteiger partial charge >= 0.3 is 5.69 Å². The van der Waals surface area contributed by atoms with Crippen molar-refractivity contribution in [3.05, 3.63) is 51.9 Å². The highest BCUT2D eigenvalue weighted by Gasteiger charge is 2.39. The van der Waals surface area contributed by atoms with Gasteiger partial charge in [0.25, 0.3) is 0 Å². The first kappa shape index (κ1) is 24.3. The highest BCUT2D eigenvalue weighted by molar-refractivity contribution is 5.78. The fraction of sp³-hybridized carbons (Fsp3) is 0.500. The van der Waals surface area contributed by atoms with E-state index in [1.807, 2.05) is 29.2 Å². The van der Waals surface area contributed by atoms with Crippen LogP contribution in [0.4, 0.5) is 0 Å². The van der Waals surface area contributed by atoms with Gasteiger partial charge in [0.2, 0.25) is 5.91 Å². The molecule has 8 nitrogen and oxygen atoms in total. The largest absolute Gasteiger partial charge is 0.337 e. The van der Waals surface area contributed by atoms with Crippen LogP contribution in [0.5, 0.6) is 0 Å². The van der Waals surface area contributed by atoms with Gasteiger partial charge in [-0.1, -0.05) is 26.8 Å². The van der Waals surface area contributed by atoms with E-state index in [-0.39, 0.29) is 23.1 Å². The summed E-state index contributed by atoms with van der Waals surface area (Å²) in [6.45, 7) is 11.0. The van der Waals surface area contributed by atoms with Gasteiger partial charge in [0, 0.05) is 57.8 Å². The molecule has 3 aliphatic rings. The number of hydrogen-bond acceptors (Lipinski definition) is 5. The van der Waals surface area contributed by atoms with Crippen molar-refractivity contribution in [2.75, 3.05) is 13.1 Å². The van der Waals surface area contributed by atoms with Crippen LogP contribution in [0.2, 0.25) is 0 Å². The van der Waals surface area contributed by atoms with Crippen LogP contribution < -0.4 is 5.69 Å². The molecule has 188 valence electrons. The Hall–Kier alpha value is -3.44. The number of carbonyl (C=O) groups excluding carboxylic acids is 1. The fourth-order valence-corrected chi connectivity index (χ4v) is 5.78. The molecular formula is C28H34N6O2. The van der Waals surface area contributed by atoms with Crippen molar-refractivity contribution in [1.29, 1.82) is 5.26 Å². The molecule has 3 fully saturated rings. The van der Waals surface area contributed by atoms with Crippen LogP contribution in [0.15, 0.2) is 35.1 Å². The summed E-state index contributed by atoms with van der Waals surface area (Å²) in [5.41, 5.74) is 4.43. The Morgan fingerprint density at radius 3 is 2.53 bits per heavy atom. The average Bonchev–Trinajstić information content (AvgIpc) is 3.07. The second-order valence-corrected chi connectivity index (χ2v) is 11.5. The molecule has 1 amide bonds. The van der Waals surface area contributed by atoms with Crippen LogP contribution in [-0.2, 0) is 24.9 Å². The number of carbonyl (C=O) groups is 1. The van der Waals surface area contributed by atoms with Crippen LogP contribution >= 0.6 is 0 Å². The zero-order valence-corrected chi connectivity index (χ0v) is 21.8. The summed E-state index contributed by atoms with van der Waals surface area (Å²) >= 11 is 0. The molecule has 2 aromatic heterocycles. The molecule has 36 heavy (non-hydrogen) atoms. The van der Waals surface area contributed by atoms with Gasteiger partial charge in [0.1, 0.15) is 0 Å². The van der Waals surface area contributed by atoms with Gasteiger partial charge in [-0.05, 0) is 48.1 Å². The number of pyridine rings is 1. The number of benzene rings is 1. The van der Waals surface area contributed by atoms with Crippen molar-refractivity contribution in [2.45, 2.75) is 65.7 Å². The lowest BCUT2D eigenvalue weighted by Crippen LogP contribution is -2.63. The highest BCUT2D eigenvalue weighted by atomic mass is 16.2. The molecule has 0 N–H and O–H groups in total. The second kappa shape index (κ2) is 8.90. The van der Waals surface area contributed by atoms with Crippen LogP contribution in [0.25, 0.3) is 22.4 Å². The maximum absolute atomic E-state index is 12.9. The highest BCUT2D eigenvalue weighted by Crippen LogP contribution is 2.32. The molecule has 8 heteroatoms. The predicted molar refractivity (Wildman–Crippen MR) is 139 cm³/mol. The van der Waals surface area contributed by atoms with Crippen molar-refractivity contribution in [2.24, 2.45) is 12.5 Å². The van der Waals surface area contributed by atoms with Crippen molar-refractivity contribution in [3.8, 4) is 17.3 Å². The molecule has 0 aliphatic carbocycles. The fourth-order valence-electron chi connectivity index (χ4n) is 5.78. The van der Waals surface area contributed by atoms with E-state index in [9.17, 15) is 14.9 Å². The minimum absolute atomic E-state index is 0.0472. The SMILES string of the molecule is CC(=O)N1CC2CCC1CN2Cc1ccc(C#N)c(-c2ccc3c(n2)n(C)c(=O)n3CC(C)(C)C)c1. The van der Waals surface area contributed by atoms with Crippen LogP contribution in [0.3, 0.4) is 0 Å². The number of hydrogen-bond donors (Lipinski definition) is 0. The lowest BCUT2D eigenvalue weighted by molar-refractivity contribution is -0.139. The van der Waals surface area contributed by atoms with Crippen molar-refractivity contribution >= 4 is 17.1 Å². The van der Waals surface area contributed by atoms with E-state index in [4.69, 9.17) is 4.98 Å². The van der Waals surface area contributed by atoms with E-state index in [2.05, 4.69) is 37.8 Å². The summed E-state index contributed by atoms with van der Waals surface area (Å²) in [4.78, 5) is 34.3. The number of aromatic nitrogens is 3. The molecule has 6 rings (SSSR count). The quantitative estimate of drug-likeness (QED) is 0.563. The number of imidazole rings is 1. The summed E-state index contributed by atoms with van der Waals surface area (Å²) in [6.07, 6.45) is 2.17. The Morgan fingerprint density at radius 2 is 1.89 bits per heavy atom. The molecule has 5 heterocycles. The molecule has 3 aromatic rings. The monoisotopic (exact) mass is 486 g/mol. The Bertz CT molecular complexity index is 1440. The maximum atomic E-state index is 12.9. The van der Waals surface area contributed by atoms with E-state index in [0.717, 1.165) is 49.1 Å². The Morgan fingerprint density at radius 1 is 1.14 bits per heavy atom. The van der Waals surface area contributed by atoms with Crippen molar-refractivity contribution < 1.29 is 4.79 Å². The number of aryl methyl sites for hydroxylation is 1. The summed E-state index contributed by atoms with van der Waals surface area (Å²) in [5, 5.41) is 9.82.